The Balaban J connectivity index is 1.39. The molecule has 0 atom stereocenters. The van der Waals surface area contributed by atoms with Gasteiger partial charge in [0.2, 0.25) is 0 Å². The number of amidine groups is 1. The molecule has 2 aromatic carbocycles. The number of urea groups is 1. The average Bonchev–Trinajstić information content (AvgIpc) is 3.08. The van der Waals surface area contributed by atoms with Crippen molar-refractivity contribution in [1.82, 2.24) is 10.2 Å². The molecule has 1 aliphatic heterocycles. The first kappa shape index (κ1) is 18.1. The summed E-state index contributed by atoms with van der Waals surface area (Å²) >= 11 is 5.91. The second kappa shape index (κ2) is 9.10. The van der Waals surface area contributed by atoms with E-state index >= 15 is 0 Å². The third-order valence-corrected chi connectivity index (χ3v) is 4.24. The fourth-order valence-electron chi connectivity index (χ4n) is 2.72. The van der Waals surface area contributed by atoms with Gasteiger partial charge in [0.15, 0.2) is 0 Å². The van der Waals surface area contributed by atoms with Crippen LogP contribution in [0.25, 0.3) is 0 Å². The molecule has 0 radical (unpaired) electrons. The number of carbonyl (C=O) groups excluding carboxylic acids is 1. The van der Waals surface area contributed by atoms with Crippen LogP contribution in [0.15, 0.2) is 59.6 Å². The van der Waals surface area contributed by atoms with E-state index in [2.05, 4.69) is 25.8 Å². The molecule has 2 aromatic rings. The summed E-state index contributed by atoms with van der Waals surface area (Å²) in [5, 5.41) is 9.59. The molecule has 0 fully saturated rings. The van der Waals surface area contributed by atoms with Gasteiger partial charge in [-0.25, -0.2) is 4.79 Å². The van der Waals surface area contributed by atoms with Crippen LogP contribution < -0.4 is 16.0 Å². The highest BCUT2D eigenvalue weighted by Gasteiger charge is 2.16. The van der Waals surface area contributed by atoms with Crippen LogP contribution in [0.5, 0.6) is 0 Å². The normalized spacial score (nSPS) is 13.3. The van der Waals surface area contributed by atoms with E-state index in [0.29, 0.717) is 23.8 Å². The molecule has 0 bridgehead atoms. The molecule has 0 saturated carbocycles. The zero-order chi connectivity index (χ0) is 18.2. The van der Waals surface area contributed by atoms with E-state index in [4.69, 9.17) is 11.6 Å². The van der Waals surface area contributed by atoms with Gasteiger partial charge < -0.3 is 20.9 Å². The lowest BCUT2D eigenvalue weighted by atomic mass is 10.3. The largest absolute Gasteiger partial charge is 0.378 e. The van der Waals surface area contributed by atoms with Gasteiger partial charge in [-0.15, -0.1) is 0 Å². The molecule has 26 heavy (non-hydrogen) atoms. The topological polar surface area (TPSA) is 68.8 Å². The molecule has 3 rings (SSSR count). The van der Waals surface area contributed by atoms with Crippen LogP contribution in [0.2, 0.25) is 5.02 Å². The van der Waals surface area contributed by atoms with Crippen LogP contribution in [0.1, 0.15) is 0 Å². The minimum absolute atomic E-state index is 0.243. The van der Waals surface area contributed by atoms with Crippen LogP contribution in [0.3, 0.4) is 0 Å². The Kier molecular flexibility index (Phi) is 6.33. The maximum atomic E-state index is 12.0. The lowest BCUT2D eigenvalue weighted by molar-refractivity contribution is 0.251. The maximum absolute atomic E-state index is 12.0. The lowest BCUT2D eigenvalue weighted by Gasteiger charge is -2.21. The Morgan fingerprint density at radius 3 is 2.73 bits per heavy atom. The van der Waals surface area contributed by atoms with Gasteiger partial charge in [-0.05, 0) is 30.3 Å². The number of hydrogen-bond acceptors (Lipinski definition) is 4. The molecule has 0 unspecified atom stereocenters. The molecule has 1 heterocycles. The van der Waals surface area contributed by atoms with Gasteiger partial charge in [-0.1, -0.05) is 35.9 Å². The summed E-state index contributed by atoms with van der Waals surface area (Å²) in [6.07, 6.45) is 0. The van der Waals surface area contributed by atoms with Gasteiger partial charge in [-0.3, -0.25) is 4.99 Å². The zero-order valence-electron chi connectivity index (χ0n) is 14.4. The van der Waals surface area contributed by atoms with Crippen molar-refractivity contribution in [3.63, 3.8) is 0 Å². The first-order valence-electron chi connectivity index (χ1n) is 8.58. The van der Waals surface area contributed by atoms with Gasteiger partial charge in [0.1, 0.15) is 5.84 Å². The third kappa shape index (κ3) is 5.39. The number of carbonyl (C=O) groups is 1. The number of benzene rings is 2. The Bertz CT molecular complexity index is 766. The summed E-state index contributed by atoms with van der Waals surface area (Å²) in [4.78, 5) is 18.7. The van der Waals surface area contributed by atoms with E-state index in [-0.39, 0.29) is 6.03 Å². The molecule has 136 valence electrons. The Labute approximate surface area is 158 Å². The predicted molar refractivity (Wildman–Crippen MR) is 107 cm³/mol. The molecule has 2 amide bonds. The van der Waals surface area contributed by atoms with Crippen LogP contribution in [0, 0.1) is 0 Å². The van der Waals surface area contributed by atoms with Gasteiger partial charge in [0, 0.05) is 36.0 Å². The van der Waals surface area contributed by atoms with Gasteiger partial charge in [0.25, 0.3) is 0 Å². The molecule has 0 saturated heterocycles. The Hall–Kier alpha value is -2.73. The second-order valence-electron chi connectivity index (χ2n) is 5.90. The van der Waals surface area contributed by atoms with Crippen molar-refractivity contribution >= 4 is 34.8 Å². The fourth-order valence-corrected chi connectivity index (χ4v) is 2.91. The summed E-state index contributed by atoms with van der Waals surface area (Å²) in [6, 6.07) is 16.9. The van der Waals surface area contributed by atoms with Crippen molar-refractivity contribution in [3.05, 3.63) is 59.6 Å². The number of para-hydroxylation sites is 1. The number of amides is 2. The van der Waals surface area contributed by atoms with Crippen LogP contribution >= 0.6 is 11.6 Å². The highest BCUT2D eigenvalue weighted by molar-refractivity contribution is 6.30. The maximum Gasteiger partial charge on any atom is 0.319 e. The molecule has 7 heteroatoms. The zero-order valence-corrected chi connectivity index (χ0v) is 15.2. The van der Waals surface area contributed by atoms with E-state index in [0.717, 1.165) is 31.2 Å². The number of nitrogens with one attached hydrogen (secondary N) is 3. The minimum Gasteiger partial charge on any atom is -0.378 e. The highest BCUT2D eigenvalue weighted by atomic mass is 35.5. The summed E-state index contributed by atoms with van der Waals surface area (Å²) in [5.41, 5.74) is 1.74. The SMILES string of the molecule is O=C(NCCN1CCN=C1CNc1ccccc1)Nc1cccc(Cl)c1. The fraction of sp³-hybridized carbons (Fsp3) is 0.263. The van der Waals surface area contributed by atoms with Crippen molar-refractivity contribution in [3.8, 4) is 0 Å². The first-order valence-corrected chi connectivity index (χ1v) is 8.96. The van der Waals surface area contributed by atoms with Crippen LogP contribution in [0.4, 0.5) is 16.2 Å². The number of anilines is 2. The summed E-state index contributed by atoms with van der Waals surface area (Å²) < 4.78 is 0. The Morgan fingerprint density at radius 1 is 1.12 bits per heavy atom. The van der Waals surface area contributed by atoms with E-state index in [9.17, 15) is 4.79 Å². The van der Waals surface area contributed by atoms with Gasteiger partial charge in [0.05, 0.1) is 13.1 Å². The molecule has 0 aliphatic carbocycles. The molecule has 0 aromatic heterocycles. The highest BCUT2D eigenvalue weighted by Crippen LogP contribution is 2.14. The standard InChI is InChI=1S/C19H22ClN5O/c20-15-5-4-8-17(13-15)24-19(26)22-10-12-25-11-9-21-18(25)14-23-16-6-2-1-3-7-16/h1-8,13,23H,9-12,14H2,(H2,22,24,26). The van der Waals surface area contributed by atoms with Crippen molar-refractivity contribution < 1.29 is 4.79 Å². The van der Waals surface area contributed by atoms with Crippen molar-refractivity contribution in [2.45, 2.75) is 0 Å². The van der Waals surface area contributed by atoms with E-state index in [1.54, 1.807) is 24.3 Å². The number of aliphatic imine (C=N–C) groups is 1. The van der Waals surface area contributed by atoms with Crippen molar-refractivity contribution in [2.75, 3.05) is 43.4 Å². The molecular formula is C19H22ClN5O. The molecule has 0 spiro atoms. The van der Waals surface area contributed by atoms with Gasteiger partial charge in [-0.2, -0.15) is 0 Å². The van der Waals surface area contributed by atoms with Crippen LogP contribution in [-0.4, -0.2) is 49.5 Å². The number of hydrogen-bond donors (Lipinski definition) is 3. The van der Waals surface area contributed by atoms with Gasteiger partial charge >= 0.3 is 6.03 Å². The van der Waals surface area contributed by atoms with Crippen molar-refractivity contribution in [2.24, 2.45) is 4.99 Å². The molecule has 3 N–H and O–H groups in total. The van der Waals surface area contributed by atoms with E-state index < -0.39 is 0 Å². The summed E-state index contributed by atoms with van der Waals surface area (Å²) in [7, 11) is 0. The number of halogens is 1. The summed E-state index contributed by atoms with van der Waals surface area (Å²) in [6.45, 7) is 3.61. The number of nitrogens with zero attached hydrogens (tertiary/aromatic N) is 2. The number of rotatable bonds is 7. The molecule has 6 nitrogen and oxygen atoms in total. The minimum atomic E-state index is -0.243. The summed E-state index contributed by atoms with van der Waals surface area (Å²) in [5.74, 6) is 1.02. The van der Waals surface area contributed by atoms with Crippen molar-refractivity contribution in [1.29, 1.82) is 0 Å². The average molecular weight is 372 g/mol. The van der Waals surface area contributed by atoms with E-state index in [1.165, 1.54) is 0 Å². The smallest absolute Gasteiger partial charge is 0.319 e. The first-order chi connectivity index (χ1) is 12.7. The third-order valence-electron chi connectivity index (χ3n) is 4.00. The van der Waals surface area contributed by atoms with Crippen LogP contribution in [-0.2, 0) is 0 Å². The van der Waals surface area contributed by atoms with E-state index in [1.807, 2.05) is 30.3 Å². The monoisotopic (exact) mass is 371 g/mol. The predicted octanol–water partition coefficient (Wildman–Crippen LogP) is 3.29. The quantitative estimate of drug-likeness (QED) is 0.699. The second-order valence-corrected chi connectivity index (χ2v) is 6.33. The molecule has 1 aliphatic rings. The Morgan fingerprint density at radius 2 is 1.92 bits per heavy atom. The molecular weight excluding hydrogens is 350 g/mol. The lowest BCUT2D eigenvalue weighted by Crippen LogP contribution is -2.40.